The molecule has 40 atom stereocenters. The van der Waals surface area contributed by atoms with Gasteiger partial charge in [0, 0.05) is 13.5 Å². The summed E-state index contributed by atoms with van der Waals surface area (Å²) in [6.07, 6.45) is -79.1. The first-order valence-corrected chi connectivity index (χ1v) is 32.5. The largest absolute Gasteiger partial charge is 0.484 e. The van der Waals surface area contributed by atoms with Gasteiger partial charge in [-0.3, -0.25) is 9.59 Å². The number of carbonyl (C=O) groups excluding carboxylic acids is 2. The molecule has 14 bridgehead atoms. The summed E-state index contributed by atoms with van der Waals surface area (Å²) < 4.78 is 98.2. The van der Waals surface area contributed by atoms with Crippen molar-refractivity contribution in [3.05, 3.63) is 24.3 Å². The number of nitrogens with one attached hydrogen (secondary N) is 2. The fourth-order valence-corrected chi connectivity index (χ4v) is 13.2. The van der Waals surface area contributed by atoms with Gasteiger partial charge in [-0.2, -0.15) is 0 Å². The van der Waals surface area contributed by atoms with Gasteiger partial charge in [0.15, 0.2) is 50.6 Å². The number of benzene rings is 1. The van der Waals surface area contributed by atoms with Crippen LogP contribution in [-0.4, -0.2) is 434 Å². The molecule has 0 aliphatic carbocycles. The fourth-order valence-electron chi connectivity index (χ4n) is 13.2. The number of hydrogen-bond donors (Lipinski definition) is 25. The van der Waals surface area contributed by atoms with E-state index in [9.17, 15) is 127 Å². The van der Waals surface area contributed by atoms with Crippen molar-refractivity contribution in [3.63, 3.8) is 0 Å². The molecule has 584 valence electrons. The van der Waals surface area contributed by atoms with Gasteiger partial charge in [0.25, 0.3) is 5.91 Å². The Morgan fingerprint density at radius 1 is 0.324 bits per heavy atom. The van der Waals surface area contributed by atoms with Crippen LogP contribution in [0.3, 0.4) is 0 Å². The number of hydrogen-bond acceptors (Lipinski definition) is 42. The molecule has 1 aromatic rings. The van der Waals surface area contributed by atoms with Crippen molar-refractivity contribution in [1.29, 1.82) is 0 Å². The lowest BCUT2D eigenvalue weighted by molar-refractivity contribution is -0.396. The smallest absolute Gasteiger partial charge is 0.258 e. The van der Waals surface area contributed by atoms with E-state index in [1.54, 1.807) is 0 Å². The number of amides is 2. The van der Waals surface area contributed by atoms with Crippen molar-refractivity contribution in [2.75, 3.05) is 59.4 Å². The zero-order valence-corrected chi connectivity index (χ0v) is 53.8. The number of rotatable bonds is 15. The Balaban J connectivity index is 0.901. The van der Waals surface area contributed by atoms with Gasteiger partial charge >= 0.3 is 0 Å². The molecule has 102 heavy (non-hydrogen) atoms. The van der Waals surface area contributed by atoms with E-state index < -0.39 is 317 Å². The van der Waals surface area contributed by atoms with E-state index in [1.807, 2.05) is 0 Å². The van der Waals surface area contributed by atoms with Crippen LogP contribution in [0.5, 0.6) is 11.5 Å². The fraction of sp³-hybridized carbons (Fsp3) is 0.862. The molecule has 22 aliphatic heterocycles. The van der Waals surface area contributed by atoms with E-state index in [1.165, 1.54) is 24.3 Å². The Morgan fingerprint density at radius 2 is 0.578 bits per heavy atom. The molecular weight excluding hydrogens is 1400 g/mol. The summed E-state index contributed by atoms with van der Waals surface area (Å²) in [6.45, 7) is -7.78. The Bertz CT molecular complexity index is 2780. The molecule has 0 radical (unpaired) electrons. The van der Waals surface area contributed by atoms with Crippen LogP contribution in [0.15, 0.2) is 24.3 Å². The summed E-state index contributed by atoms with van der Waals surface area (Å²) in [5, 5.41) is 261. The van der Waals surface area contributed by atoms with Gasteiger partial charge in [0.05, 0.1) is 46.2 Å². The number of ether oxygens (including phenoxy) is 17. The van der Waals surface area contributed by atoms with Crippen molar-refractivity contribution >= 4 is 11.8 Å². The molecule has 0 unspecified atom stereocenters. The lowest BCUT2D eigenvalue weighted by Gasteiger charge is -2.50. The van der Waals surface area contributed by atoms with Gasteiger partial charge in [0.1, 0.15) is 207 Å². The van der Waals surface area contributed by atoms with Crippen molar-refractivity contribution < 1.29 is 208 Å². The monoisotopic (exact) mass is 1490 g/mol. The topological polar surface area (TPSA) is 680 Å². The lowest BCUT2D eigenvalue weighted by atomic mass is 9.95. The molecule has 25 N–H and O–H groups in total. The molecule has 44 heteroatoms. The van der Waals surface area contributed by atoms with Crippen LogP contribution >= 0.6 is 0 Å². The van der Waals surface area contributed by atoms with E-state index in [0.29, 0.717) is 0 Å². The van der Waals surface area contributed by atoms with Crippen molar-refractivity contribution in [1.82, 2.24) is 10.6 Å². The van der Waals surface area contributed by atoms with E-state index >= 15 is 0 Å². The predicted molar refractivity (Wildman–Crippen MR) is 312 cm³/mol. The molecule has 0 saturated carbocycles. The second-order valence-corrected chi connectivity index (χ2v) is 25.6. The van der Waals surface area contributed by atoms with Crippen molar-refractivity contribution in [2.45, 2.75) is 253 Å². The van der Waals surface area contributed by atoms with Gasteiger partial charge in [-0.25, -0.2) is 0 Å². The molecule has 22 fully saturated rings. The quantitative estimate of drug-likeness (QED) is 0.0775. The third kappa shape index (κ3) is 17.1. The zero-order chi connectivity index (χ0) is 74.0. The molecule has 2 amide bonds. The standard InChI is InChI=1S/C58H90N2O42/c1-15(68)60-27-29(71)28(70)19(7-61)89-51(27)87-17-4-2-16(3-5-17)86-14-26(69)59-6-18-44-30(72)37(79)52(88-18)97-45-20(8-62)91-54(39(81)32(45)74)99-47-22(10-64)93-56(41(83)34(47)76)101-49-24(12-66)95-58(43(85)36(49)78)102-50-25(13-67)94-57(42(84)35(50)77)100-48-23(11-65)92-55(40(82)33(48)75)98-46-21(9-63)90-53(96-44)38(80)31(46)73/h2-5,18-25,27-58,61-67,70-85H,6-14H2,1H3,(H,59,69)(H,60,68)/t18-,19-,20-,21-,22-,23-,24-,25-,27-,28-,29-,30-,31-,32-,33-,34-,35-,36-,37-,38-,39-,40-,41-,42-,43-,44-,45-,46-,47-,48-,49-,50-,51+,52-,53-,54-,55-,56-,57-,58-/m1/s1. The van der Waals surface area contributed by atoms with Crippen LogP contribution in [0.25, 0.3) is 0 Å². The SMILES string of the molecule is CC(=O)N[C@H]1[C@@H](Oc2ccc(OCC(=O)NC[C@H]3O[C@@H]4O[C@H]5[C@H](O)[C@@H](O)[C@@H](O[C@H]6[C@H](O)[C@@H](O)[C@@H](O[C@H]7[C@H](O)[C@@H](O)[C@@H](O[C@H]8[C@H](O)[C@@H](O)[C@@H](O[C@H]9[C@H](O)[C@@H](O)[C@@H](O[C@H]%10[C@H](O)[C@@H](O)[C@@H](O[C@H]3[C@H](O)[C@H]4O)O[C@@H]%10CO)O[C@@H]9CO)O[C@@H]8CO)O[C@@H]7CO)O[C@@H]6CO)O[C@@H]5CO)cc2)O[C@H](CO)[C@@H](O)[C@@H]1O. The van der Waals surface area contributed by atoms with Crippen LogP contribution in [0.2, 0.25) is 0 Å². The average molecular weight is 1490 g/mol. The maximum atomic E-state index is 13.6. The van der Waals surface area contributed by atoms with Gasteiger partial charge in [0.2, 0.25) is 12.2 Å². The molecular formula is C58H90N2O42. The molecule has 0 aromatic heterocycles. The third-order valence-corrected chi connectivity index (χ3v) is 18.8. The molecule has 23 rings (SSSR count). The molecule has 1 aromatic carbocycles. The first kappa shape index (κ1) is 80.8. The maximum absolute atomic E-state index is 13.6. The third-order valence-electron chi connectivity index (χ3n) is 18.8. The van der Waals surface area contributed by atoms with E-state index in [0.717, 1.165) is 6.92 Å². The van der Waals surface area contributed by atoms with Crippen LogP contribution in [-0.2, 0) is 80.6 Å². The highest BCUT2D eigenvalue weighted by Crippen LogP contribution is 2.40. The first-order chi connectivity index (χ1) is 48.6. The number of aliphatic hydroxyl groups is 23. The number of aliphatic hydroxyl groups excluding tert-OH is 23. The van der Waals surface area contributed by atoms with Crippen molar-refractivity contribution in [2.24, 2.45) is 0 Å². The van der Waals surface area contributed by atoms with E-state index in [-0.39, 0.29) is 11.5 Å². The Labute approximate surface area is 576 Å². The first-order valence-electron chi connectivity index (χ1n) is 32.5. The second-order valence-electron chi connectivity index (χ2n) is 25.6. The Kier molecular flexibility index (Phi) is 27.8. The van der Waals surface area contributed by atoms with E-state index in [4.69, 9.17) is 80.5 Å². The summed E-state index contributed by atoms with van der Waals surface area (Å²) >= 11 is 0. The highest BCUT2D eigenvalue weighted by molar-refractivity contribution is 5.77. The summed E-state index contributed by atoms with van der Waals surface area (Å²) in [5.74, 6) is -1.47. The molecule has 22 aliphatic rings. The molecule has 44 nitrogen and oxygen atoms in total. The summed E-state index contributed by atoms with van der Waals surface area (Å²) in [7, 11) is 0. The van der Waals surface area contributed by atoms with Crippen LogP contribution < -0.4 is 20.1 Å². The average Bonchev–Trinajstić information content (AvgIpc) is 0.774. The summed E-state index contributed by atoms with van der Waals surface area (Å²) in [6, 6.07) is 4.00. The minimum atomic E-state index is -2.34. The summed E-state index contributed by atoms with van der Waals surface area (Å²) in [4.78, 5) is 25.5. The van der Waals surface area contributed by atoms with Gasteiger partial charge in [-0.05, 0) is 24.3 Å². The van der Waals surface area contributed by atoms with Gasteiger partial charge in [-0.1, -0.05) is 0 Å². The van der Waals surface area contributed by atoms with E-state index in [2.05, 4.69) is 10.6 Å². The van der Waals surface area contributed by atoms with Crippen LogP contribution in [0, 0.1) is 0 Å². The molecule has 22 heterocycles. The normalized spacial score (nSPS) is 49.0. The predicted octanol–water partition coefficient (Wildman–Crippen LogP) is -16.7. The highest BCUT2D eigenvalue weighted by atomic mass is 16.8. The number of carbonyl (C=O) groups is 2. The Morgan fingerprint density at radius 3 is 0.843 bits per heavy atom. The van der Waals surface area contributed by atoms with Gasteiger partial charge in [-0.15, -0.1) is 0 Å². The molecule has 0 spiro atoms. The van der Waals surface area contributed by atoms with Gasteiger partial charge < -0.3 is 209 Å². The molecule has 22 saturated heterocycles. The maximum Gasteiger partial charge on any atom is 0.258 e. The zero-order valence-electron chi connectivity index (χ0n) is 53.8. The van der Waals surface area contributed by atoms with Crippen molar-refractivity contribution in [3.8, 4) is 11.5 Å². The van der Waals surface area contributed by atoms with Crippen LogP contribution in [0.1, 0.15) is 6.92 Å². The lowest BCUT2D eigenvalue weighted by Crippen LogP contribution is -2.68. The highest BCUT2D eigenvalue weighted by Gasteiger charge is 2.60. The Hall–Kier alpha value is -3.76. The van der Waals surface area contributed by atoms with Crippen LogP contribution in [0.4, 0.5) is 0 Å². The summed E-state index contributed by atoms with van der Waals surface area (Å²) in [5.41, 5.74) is 0. The minimum absolute atomic E-state index is 0.0268. The second kappa shape index (κ2) is 35.1. The minimum Gasteiger partial charge on any atom is -0.484 e.